The molecule has 0 aliphatic heterocycles. The van der Waals surface area contributed by atoms with Gasteiger partial charge in [0, 0.05) is 14.1 Å². The summed E-state index contributed by atoms with van der Waals surface area (Å²) in [6.45, 7) is 2.86. The molecule has 1 saturated carbocycles. The Hall–Kier alpha value is -1.10. The summed E-state index contributed by atoms with van der Waals surface area (Å²) in [5.74, 6) is -0.605. The highest BCUT2D eigenvalue weighted by Crippen LogP contribution is 2.35. The lowest BCUT2D eigenvalue weighted by molar-refractivity contribution is -0.145. The molecule has 98 valence electrons. The van der Waals surface area contributed by atoms with Crippen molar-refractivity contribution in [3.05, 3.63) is 0 Å². The molecule has 5 nitrogen and oxygen atoms in total. The van der Waals surface area contributed by atoms with E-state index in [4.69, 9.17) is 0 Å². The fraction of sp³-hybridized carbons (Fsp3) is 0.833. The van der Waals surface area contributed by atoms with Crippen molar-refractivity contribution in [3.8, 4) is 0 Å². The van der Waals surface area contributed by atoms with Crippen molar-refractivity contribution >= 4 is 11.9 Å². The molecule has 0 aromatic carbocycles. The van der Waals surface area contributed by atoms with Crippen molar-refractivity contribution in [3.63, 3.8) is 0 Å². The zero-order valence-electron chi connectivity index (χ0n) is 10.8. The average Bonchev–Trinajstić information content (AvgIpc) is 3.01. The molecule has 0 saturated heterocycles. The molecule has 0 radical (unpaired) electrons. The maximum atomic E-state index is 11.7. The van der Waals surface area contributed by atoms with Crippen LogP contribution < -0.4 is 0 Å². The number of carbonyl (C=O) groups is 2. The molecule has 1 N–H and O–H groups in total. The first kappa shape index (κ1) is 14.0. The van der Waals surface area contributed by atoms with Crippen molar-refractivity contribution in [1.29, 1.82) is 0 Å². The summed E-state index contributed by atoms with van der Waals surface area (Å²) in [5.41, 5.74) is 0. The Kier molecular flexibility index (Phi) is 4.93. The zero-order valence-corrected chi connectivity index (χ0v) is 10.8. The van der Waals surface area contributed by atoms with E-state index in [2.05, 4.69) is 0 Å². The van der Waals surface area contributed by atoms with Gasteiger partial charge < -0.3 is 10.0 Å². The number of aliphatic carboxylic acids is 1. The normalized spacial score (nSPS) is 16.9. The Morgan fingerprint density at radius 2 is 1.94 bits per heavy atom. The third-order valence-corrected chi connectivity index (χ3v) is 3.06. The highest BCUT2D eigenvalue weighted by atomic mass is 16.4. The van der Waals surface area contributed by atoms with Crippen LogP contribution >= 0.6 is 0 Å². The summed E-state index contributed by atoms with van der Waals surface area (Å²) in [7, 11) is 3.39. The first-order chi connectivity index (χ1) is 7.97. The SMILES string of the molecule is CCCN(CC(=O)N(C)C)C(C(=O)O)C1CC1. The van der Waals surface area contributed by atoms with E-state index in [-0.39, 0.29) is 18.4 Å². The van der Waals surface area contributed by atoms with Gasteiger partial charge in [-0.1, -0.05) is 6.92 Å². The second-order valence-electron chi connectivity index (χ2n) is 4.88. The Morgan fingerprint density at radius 1 is 1.35 bits per heavy atom. The number of amides is 1. The summed E-state index contributed by atoms with van der Waals surface area (Å²) in [5, 5.41) is 9.27. The zero-order chi connectivity index (χ0) is 13.0. The molecular weight excluding hydrogens is 220 g/mol. The smallest absolute Gasteiger partial charge is 0.321 e. The lowest BCUT2D eigenvalue weighted by Gasteiger charge is -2.28. The molecule has 1 unspecified atom stereocenters. The lowest BCUT2D eigenvalue weighted by atomic mass is 10.1. The summed E-state index contributed by atoms with van der Waals surface area (Å²) in [6, 6.07) is -0.487. The number of hydrogen-bond donors (Lipinski definition) is 1. The van der Waals surface area contributed by atoms with Crippen LogP contribution in [0.4, 0.5) is 0 Å². The van der Waals surface area contributed by atoms with Gasteiger partial charge in [-0.15, -0.1) is 0 Å². The molecule has 17 heavy (non-hydrogen) atoms. The lowest BCUT2D eigenvalue weighted by Crippen LogP contribution is -2.47. The molecule has 1 fully saturated rings. The predicted molar refractivity (Wildman–Crippen MR) is 64.7 cm³/mol. The number of carboxylic acids is 1. The Morgan fingerprint density at radius 3 is 2.29 bits per heavy atom. The third-order valence-electron chi connectivity index (χ3n) is 3.06. The van der Waals surface area contributed by atoms with Gasteiger partial charge in [0.15, 0.2) is 0 Å². The molecule has 1 rings (SSSR count). The molecule has 0 bridgehead atoms. The Bertz CT molecular complexity index is 287. The van der Waals surface area contributed by atoms with E-state index in [1.807, 2.05) is 11.8 Å². The van der Waals surface area contributed by atoms with E-state index in [0.29, 0.717) is 6.54 Å². The minimum Gasteiger partial charge on any atom is -0.480 e. The van der Waals surface area contributed by atoms with Crippen LogP contribution in [0.25, 0.3) is 0 Å². The van der Waals surface area contributed by atoms with Crippen LogP contribution in [-0.4, -0.2) is 60.0 Å². The molecule has 1 aliphatic carbocycles. The van der Waals surface area contributed by atoms with Crippen molar-refractivity contribution in [1.82, 2.24) is 9.80 Å². The van der Waals surface area contributed by atoms with Crippen molar-refractivity contribution in [2.45, 2.75) is 32.2 Å². The largest absolute Gasteiger partial charge is 0.480 e. The summed E-state index contributed by atoms with van der Waals surface area (Å²) in [6.07, 6.45) is 2.79. The fourth-order valence-corrected chi connectivity index (χ4v) is 1.99. The predicted octanol–water partition coefficient (Wildman–Crippen LogP) is 0.650. The van der Waals surface area contributed by atoms with Crippen LogP contribution in [0.3, 0.4) is 0 Å². The maximum absolute atomic E-state index is 11.7. The number of rotatable bonds is 7. The molecule has 0 heterocycles. The van der Waals surface area contributed by atoms with Gasteiger partial charge in [-0.05, 0) is 31.7 Å². The van der Waals surface area contributed by atoms with E-state index in [0.717, 1.165) is 19.3 Å². The van der Waals surface area contributed by atoms with Gasteiger partial charge in [-0.3, -0.25) is 14.5 Å². The quantitative estimate of drug-likeness (QED) is 0.712. The number of likely N-dealkylation sites (N-methyl/N-ethyl adjacent to an activating group) is 1. The van der Waals surface area contributed by atoms with Gasteiger partial charge in [0.25, 0.3) is 0 Å². The van der Waals surface area contributed by atoms with Crippen LogP contribution in [0.1, 0.15) is 26.2 Å². The van der Waals surface area contributed by atoms with E-state index in [9.17, 15) is 14.7 Å². The van der Waals surface area contributed by atoms with Crippen molar-refractivity contribution in [2.24, 2.45) is 5.92 Å². The molecular formula is C12H22N2O3. The highest BCUT2D eigenvalue weighted by Gasteiger charge is 2.40. The van der Waals surface area contributed by atoms with Crippen molar-refractivity contribution < 1.29 is 14.7 Å². The van der Waals surface area contributed by atoms with Crippen LogP contribution in [0.15, 0.2) is 0 Å². The van der Waals surface area contributed by atoms with Crippen LogP contribution in [0, 0.1) is 5.92 Å². The number of hydrogen-bond acceptors (Lipinski definition) is 3. The van der Waals surface area contributed by atoms with Gasteiger partial charge in [-0.2, -0.15) is 0 Å². The molecule has 0 aromatic heterocycles. The van der Waals surface area contributed by atoms with E-state index in [1.165, 1.54) is 4.90 Å². The first-order valence-electron chi connectivity index (χ1n) is 6.14. The molecule has 0 aromatic rings. The molecule has 5 heteroatoms. The van der Waals surface area contributed by atoms with E-state index in [1.54, 1.807) is 14.1 Å². The molecule has 1 amide bonds. The number of carboxylic acid groups (broad SMARTS) is 1. The van der Waals surface area contributed by atoms with Crippen molar-refractivity contribution in [2.75, 3.05) is 27.2 Å². The van der Waals surface area contributed by atoms with Crippen LogP contribution in [-0.2, 0) is 9.59 Å². The minimum atomic E-state index is -0.799. The summed E-state index contributed by atoms with van der Waals surface area (Å²) in [4.78, 5) is 26.3. The summed E-state index contributed by atoms with van der Waals surface area (Å²) >= 11 is 0. The van der Waals surface area contributed by atoms with Gasteiger partial charge in [-0.25, -0.2) is 0 Å². The topological polar surface area (TPSA) is 60.9 Å². The second kappa shape index (κ2) is 6.00. The van der Waals surface area contributed by atoms with Crippen LogP contribution in [0.5, 0.6) is 0 Å². The molecule has 1 aliphatic rings. The minimum absolute atomic E-state index is 0.0367. The highest BCUT2D eigenvalue weighted by molar-refractivity contribution is 5.80. The van der Waals surface area contributed by atoms with Gasteiger partial charge in [0.2, 0.25) is 5.91 Å². The standard InChI is InChI=1S/C12H22N2O3/c1-4-7-14(8-10(15)13(2)3)11(12(16)17)9-5-6-9/h9,11H,4-8H2,1-3H3,(H,16,17). The fourth-order valence-electron chi connectivity index (χ4n) is 1.99. The first-order valence-corrected chi connectivity index (χ1v) is 6.14. The molecule has 1 atom stereocenters. The number of carbonyl (C=O) groups excluding carboxylic acids is 1. The Labute approximate surface area is 102 Å². The van der Waals surface area contributed by atoms with Gasteiger partial charge in [0.05, 0.1) is 6.54 Å². The van der Waals surface area contributed by atoms with Gasteiger partial charge >= 0.3 is 5.97 Å². The monoisotopic (exact) mass is 242 g/mol. The maximum Gasteiger partial charge on any atom is 0.321 e. The van der Waals surface area contributed by atoms with E-state index >= 15 is 0 Å². The van der Waals surface area contributed by atoms with Gasteiger partial charge in [0.1, 0.15) is 6.04 Å². The number of nitrogens with zero attached hydrogens (tertiary/aromatic N) is 2. The Balaban J connectivity index is 2.68. The second-order valence-corrected chi connectivity index (χ2v) is 4.88. The molecule has 0 spiro atoms. The third kappa shape index (κ3) is 4.00. The van der Waals surface area contributed by atoms with Crippen LogP contribution in [0.2, 0.25) is 0 Å². The van der Waals surface area contributed by atoms with E-state index < -0.39 is 12.0 Å². The average molecular weight is 242 g/mol. The summed E-state index contributed by atoms with van der Waals surface area (Å²) < 4.78 is 0.